The molecule has 1 fully saturated rings. The number of thiophene rings is 1. The van der Waals surface area contributed by atoms with Crippen LogP contribution in [-0.2, 0) is 11.3 Å². The summed E-state index contributed by atoms with van der Waals surface area (Å²) in [6.45, 7) is 7.72. The van der Waals surface area contributed by atoms with Crippen LogP contribution in [0.3, 0.4) is 0 Å². The second-order valence-corrected chi connectivity index (χ2v) is 12.7. The molecule has 0 unspecified atom stereocenters. The number of nitrogens with two attached hydrogens (primary N) is 1. The first-order chi connectivity index (χ1) is 22.8. The van der Waals surface area contributed by atoms with Crippen molar-refractivity contribution in [3.8, 4) is 44.5 Å². The molecule has 3 N–H and O–H groups in total. The number of ether oxygens (including phenoxy) is 1. The first-order valence-electron chi connectivity index (χ1n) is 15.3. The molecule has 47 heavy (non-hydrogen) atoms. The summed E-state index contributed by atoms with van der Waals surface area (Å²) in [7, 11) is 0. The van der Waals surface area contributed by atoms with Crippen molar-refractivity contribution >= 4 is 33.1 Å². The number of hydrogen-bond acceptors (Lipinski definition) is 8. The van der Waals surface area contributed by atoms with Gasteiger partial charge in [-0.3, -0.25) is 9.48 Å². The summed E-state index contributed by atoms with van der Waals surface area (Å²) >= 11 is 1.59. The Hall–Kier alpha value is -5.42. The third-order valence-electron chi connectivity index (χ3n) is 8.49. The maximum atomic E-state index is 15.8. The molecule has 0 radical (unpaired) electrons. The fourth-order valence-corrected chi connectivity index (χ4v) is 7.24. The Kier molecular flexibility index (Phi) is 7.98. The molecular formula is C36H32FN7O2S. The molecule has 1 aliphatic rings. The quantitative estimate of drug-likeness (QED) is 0.153. The minimum absolute atomic E-state index is 0.0118. The molecule has 0 bridgehead atoms. The Bertz CT molecular complexity index is 2170. The van der Waals surface area contributed by atoms with Gasteiger partial charge in [0.05, 0.1) is 12.2 Å². The van der Waals surface area contributed by atoms with Gasteiger partial charge in [-0.2, -0.15) is 5.10 Å². The van der Waals surface area contributed by atoms with Crippen LogP contribution in [0.5, 0.6) is 11.8 Å². The highest BCUT2D eigenvalue weighted by atomic mass is 32.1. The number of nitrogen functional groups attached to an aromatic ring is 1. The molecule has 0 saturated heterocycles. The molecule has 2 aromatic carbocycles. The van der Waals surface area contributed by atoms with Crippen LogP contribution in [0.25, 0.3) is 42.8 Å². The van der Waals surface area contributed by atoms with E-state index in [1.54, 1.807) is 35.9 Å². The molecule has 7 rings (SSSR count). The van der Waals surface area contributed by atoms with Gasteiger partial charge in [-0.1, -0.05) is 30.8 Å². The molecule has 4 heterocycles. The molecule has 1 aliphatic carbocycles. The summed E-state index contributed by atoms with van der Waals surface area (Å²) in [6.07, 6.45) is 12.0. The van der Waals surface area contributed by atoms with Crippen molar-refractivity contribution in [2.24, 2.45) is 0 Å². The molecule has 11 heteroatoms. The Balaban J connectivity index is 1.37. The molecular weight excluding hydrogens is 614 g/mol. The van der Waals surface area contributed by atoms with Gasteiger partial charge in [0.1, 0.15) is 5.82 Å². The zero-order valence-corrected chi connectivity index (χ0v) is 26.8. The summed E-state index contributed by atoms with van der Waals surface area (Å²) in [5.41, 5.74) is 13.5. The average molecular weight is 646 g/mol. The van der Waals surface area contributed by atoms with Gasteiger partial charge in [0.25, 0.3) is 0 Å². The van der Waals surface area contributed by atoms with Crippen LogP contribution in [0.15, 0.2) is 79.9 Å². The molecule has 1 saturated carbocycles. The van der Waals surface area contributed by atoms with E-state index in [0.29, 0.717) is 29.7 Å². The lowest BCUT2D eigenvalue weighted by molar-refractivity contribution is -0.116. The SMILES string of the molecule is C=CC(=O)NCc1ccc(-c2sc3c(-c4cnn(C5CCC5)c4)cnc(N)c3c2-c2ccc(Oc3nccc(C)n3)c(F)c2)c(C)c1. The van der Waals surface area contributed by atoms with Crippen molar-refractivity contribution in [2.45, 2.75) is 45.7 Å². The molecule has 0 aliphatic heterocycles. The first-order valence-corrected chi connectivity index (χ1v) is 16.1. The van der Waals surface area contributed by atoms with E-state index < -0.39 is 5.82 Å². The minimum Gasteiger partial charge on any atom is -0.421 e. The summed E-state index contributed by atoms with van der Waals surface area (Å²) < 4.78 is 24.4. The number of amides is 1. The van der Waals surface area contributed by atoms with Crippen LogP contribution in [0.1, 0.15) is 42.1 Å². The van der Waals surface area contributed by atoms with Gasteiger partial charge in [-0.05, 0) is 79.6 Å². The first kappa shape index (κ1) is 30.2. The third-order valence-corrected chi connectivity index (χ3v) is 9.74. The smallest absolute Gasteiger partial charge is 0.322 e. The second-order valence-electron chi connectivity index (χ2n) is 11.7. The maximum Gasteiger partial charge on any atom is 0.322 e. The lowest BCUT2D eigenvalue weighted by Crippen LogP contribution is -2.19. The van der Waals surface area contributed by atoms with E-state index in [1.807, 2.05) is 49.0 Å². The van der Waals surface area contributed by atoms with Crippen LogP contribution in [0.2, 0.25) is 0 Å². The number of hydrogen-bond donors (Lipinski definition) is 2. The Morgan fingerprint density at radius 2 is 1.98 bits per heavy atom. The van der Waals surface area contributed by atoms with Crippen LogP contribution in [0.4, 0.5) is 10.2 Å². The number of anilines is 1. The molecule has 1 amide bonds. The zero-order valence-electron chi connectivity index (χ0n) is 26.0. The standard InChI is InChI=1S/C36H32FN7O2S/c1-4-30(45)40-16-22-8-10-26(20(2)14-22)33-31(23-9-11-29(28(37)15-23)46-36-39-13-12-21(3)43-36)32-34(47-33)27(18-41-35(32)38)24-17-42-44(19-24)25-6-5-7-25/h4,8-15,17-19,25H,1,5-7,16H2,2-3H3,(H2,38,41)(H,40,45). The van der Waals surface area contributed by atoms with Crippen LogP contribution in [0, 0.1) is 19.7 Å². The van der Waals surface area contributed by atoms with Crippen molar-refractivity contribution in [2.75, 3.05) is 5.73 Å². The predicted molar refractivity (Wildman–Crippen MR) is 183 cm³/mol. The lowest BCUT2D eigenvalue weighted by Gasteiger charge is -2.25. The van der Waals surface area contributed by atoms with Crippen LogP contribution in [-0.4, -0.2) is 30.6 Å². The number of pyridine rings is 1. The van der Waals surface area contributed by atoms with Gasteiger partial charge in [0.15, 0.2) is 11.6 Å². The van der Waals surface area contributed by atoms with E-state index in [2.05, 4.69) is 38.1 Å². The monoisotopic (exact) mass is 645 g/mol. The topological polar surface area (TPSA) is 121 Å². The molecule has 4 aromatic heterocycles. The zero-order chi connectivity index (χ0) is 32.7. The number of rotatable bonds is 9. The fraction of sp³-hybridized carbons (Fsp3) is 0.194. The maximum absolute atomic E-state index is 15.8. The molecule has 6 aromatic rings. The van der Waals surface area contributed by atoms with Gasteiger partial charge in [0, 0.05) is 62.5 Å². The number of carbonyl (C=O) groups excluding carboxylic acids is 1. The largest absolute Gasteiger partial charge is 0.421 e. The average Bonchev–Trinajstić information content (AvgIpc) is 3.66. The van der Waals surface area contributed by atoms with Gasteiger partial charge >= 0.3 is 6.01 Å². The van der Waals surface area contributed by atoms with E-state index in [9.17, 15) is 4.79 Å². The molecule has 236 valence electrons. The van der Waals surface area contributed by atoms with Crippen LogP contribution < -0.4 is 15.8 Å². The number of aryl methyl sites for hydroxylation is 2. The third kappa shape index (κ3) is 5.85. The predicted octanol–water partition coefficient (Wildman–Crippen LogP) is 7.94. The summed E-state index contributed by atoms with van der Waals surface area (Å²) in [6, 6.07) is 13.1. The van der Waals surface area contributed by atoms with Crippen molar-refractivity contribution in [3.05, 3.63) is 103 Å². The highest BCUT2D eigenvalue weighted by molar-refractivity contribution is 7.23. The van der Waals surface area contributed by atoms with E-state index >= 15 is 4.39 Å². The number of halogens is 1. The van der Waals surface area contributed by atoms with E-state index in [1.165, 1.54) is 18.6 Å². The summed E-state index contributed by atoms with van der Waals surface area (Å²) in [4.78, 5) is 25.6. The van der Waals surface area contributed by atoms with E-state index in [0.717, 1.165) is 61.2 Å². The van der Waals surface area contributed by atoms with Gasteiger partial charge in [-0.15, -0.1) is 11.3 Å². The number of nitrogens with zero attached hydrogens (tertiary/aromatic N) is 5. The highest BCUT2D eigenvalue weighted by Gasteiger charge is 2.25. The summed E-state index contributed by atoms with van der Waals surface area (Å²) in [5, 5.41) is 8.24. The normalized spacial score (nSPS) is 13.0. The molecule has 0 spiro atoms. The van der Waals surface area contributed by atoms with Crippen LogP contribution >= 0.6 is 11.3 Å². The minimum atomic E-state index is -0.563. The molecule has 0 atom stereocenters. The van der Waals surface area contributed by atoms with Gasteiger partial charge in [0.2, 0.25) is 5.91 Å². The Morgan fingerprint density at radius 3 is 2.70 bits per heavy atom. The van der Waals surface area contributed by atoms with Crippen molar-refractivity contribution < 1.29 is 13.9 Å². The number of benzene rings is 2. The Morgan fingerprint density at radius 1 is 1.13 bits per heavy atom. The van der Waals surface area contributed by atoms with E-state index in [-0.39, 0.29) is 17.7 Å². The second kappa shape index (κ2) is 12.4. The van der Waals surface area contributed by atoms with Gasteiger partial charge < -0.3 is 15.8 Å². The number of carbonyl (C=O) groups is 1. The number of fused-ring (bicyclic) bond motifs is 1. The molecule has 9 nitrogen and oxygen atoms in total. The summed E-state index contributed by atoms with van der Waals surface area (Å²) in [5.74, 6) is -0.439. The fourth-order valence-electron chi connectivity index (χ4n) is 5.79. The van der Waals surface area contributed by atoms with Crippen molar-refractivity contribution in [3.63, 3.8) is 0 Å². The highest BCUT2D eigenvalue weighted by Crippen LogP contribution is 2.50. The lowest BCUT2D eigenvalue weighted by atomic mass is 9.93. The number of nitrogens with one attached hydrogen (secondary N) is 1. The van der Waals surface area contributed by atoms with Crippen molar-refractivity contribution in [1.29, 1.82) is 0 Å². The van der Waals surface area contributed by atoms with Crippen molar-refractivity contribution in [1.82, 2.24) is 30.0 Å². The number of aromatic nitrogens is 5. The Labute approximate surface area is 275 Å². The van der Waals surface area contributed by atoms with Gasteiger partial charge in [-0.25, -0.2) is 19.3 Å². The van der Waals surface area contributed by atoms with E-state index in [4.69, 9.17) is 10.5 Å².